The second-order valence-electron chi connectivity index (χ2n) is 6.97. The van der Waals surface area contributed by atoms with E-state index in [-0.39, 0.29) is 5.75 Å². The minimum atomic E-state index is -3.15. The van der Waals surface area contributed by atoms with Crippen LogP contribution in [-0.4, -0.2) is 63.8 Å². The van der Waals surface area contributed by atoms with E-state index in [9.17, 15) is 8.42 Å². The van der Waals surface area contributed by atoms with Gasteiger partial charge in [0.05, 0.1) is 5.75 Å². The Morgan fingerprint density at radius 1 is 1.26 bits per heavy atom. The van der Waals surface area contributed by atoms with Crippen molar-refractivity contribution in [2.45, 2.75) is 45.3 Å². The quantitative estimate of drug-likeness (QED) is 0.349. The number of hydrogen-bond acceptors (Lipinski definition) is 4. The summed E-state index contributed by atoms with van der Waals surface area (Å²) in [5, 5.41) is 6.64. The molecule has 2 rings (SSSR count). The predicted molar refractivity (Wildman–Crippen MR) is 111 cm³/mol. The van der Waals surface area contributed by atoms with Gasteiger partial charge >= 0.3 is 0 Å². The average molecular weight is 396 g/mol. The second kappa shape index (κ2) is 10.6. The number of rotatable bonds is 8. The van der Waals surface area contributed by atoms with Crippen LogP contribution < -0.4 is 15.4 Å². The van der Waals surface area contributed by atoms with Crippen LogP contribution in [0.2, 0.25) is 0 Å². The molecule has 0 aliphatic carbocycles. The molecule has 1 aliphatic heterocycles. The zero-order valence-electron chi connectivity index (χ0n) is 16.6. The van der Waals surface area contributed by atoms with Crippen LogP contribution in [-0.2, 0) is 16.6 Å². The lowest BCUT2D eigenvalue weighted by Crippen LogP contribution is -2.52. The molecule has 0 bridgehead atoms. The van der Waals surface area contributed by atoms with Crippen molar-refractivity contribution < 1.29 is 8.42 Å². The molecule has 2 atom stereocenters. The third-order valence-electron chi connectivity index (χ3n) is 4.93. The molecule has 1 aromatic rings. The molecule has 8 heteroatoms. The summed E-state index contributed by atoms with van der Waals surface area (Å²) < 4.78 is 25.4. The predicted octanol–water partition coefficient (Wildman–Crippen LogP) is 1.14. The Hall–Kier alpha value is -1.64. The highest BCUT2D eigenvalue weighted by molar-refractivity contribution is 7.89. The van der Waals surface area contributed by atoms with Crippen molar-refractivity contribution in [2.24, 2.45) is 4.99 Å². The Labute approximate surface area is 163 Å². The van der Waals surface area contributed by atoms with Crippen molar-refractivity contribution in [3.05, 3.63) is 35.9 Å². The van der Waals surface area contributed by atoms with Crippen LogP contribution in [0.5, 0.6) is 0 Å². The molecule has 1 aromatic carbocycles. The highest BCUT2D eigenvalue weighted by Gasteiger charge is 2.25. The van der Waals surface area contributed by atoms with Gasteiger partial charge in [-0.3, -0.25) is 9.89 Å². The number of likely N-dealkylation sites (tertiary alicyclic amines) is 1. The van der Waals surface area contributed by atoms with E-state index in [1.54, 1.807) is 14.0 Å². The standard InChI is InChI=1S/C19H33N5O2S/c1-4-27(25,26)22-12-11-21-19(20-3)23-18-10-13-24(16(2)14-18)15-17-8-6-5-7-9-17/h5-9,16,18,22H,4,10-15H2,1-3H3,(H2,20,21,23). The average Bonchev–Trinajstić information content (AvgIpc) is 2.67. The molecule has 7 nitrogen and oxygen atoms in total. The molecule has 1 fully saturated rings. The Morgan fingerprint density at radius 3 is 2.63 bits per heavy atom. The Bertz CT molecular complexity index is 693. The van der Waals surface area contributed by atoms with Gasteiger partial charge in [0, 0.05) is 45.3 Å². The normalized spacial score (nSPS) is 21.8. The summed E-state index contributed by atoms with van der Waals surface area (Å²) in [4.78, 5) is 6.77. The van der Waals surface area contributed by atoms with Gasteiger partial charge in [-0.2, -0.15) is 0 Å². The smallest absolute Gasteiger partial charge is 0.211 e. The first kappa shape index (κ1) is 21.7. The minimum Gasteiger partial charge on any atom is -0.355 e. The van der Waals surface area contributed by atoms with E-state index >= 15 is 0 Å². The molecule has 0 spiro atoms. The Balaban J connectivity index is 1.74. The van der Waals surface area contributed by atoms with Crippen LogP contribution in [0.25, 0.3) is 0 Å². The van der Waals surface area contributed by atoms with Gasteiger partial charge < -0.3 is 10.6 Å². The maximum absolute atomic E-state index is 11.4. The van der Waals surface area contributed by atoms with Crippen molar-refractivity contribution in [3.63, 3.8) is 0 Å². The fourth-order valence-corrected chi connectivity index (χ4v) is 3.90. The summed E-state index contributed by atoms with van der Waals surface area (Å²) >= 11 is 0. The lowest BCUT2D eigenvalue weighted by molar-refractivity contribution is 0.134. The zero-order valence-corrected chi connectivity index (χ0v) is 17.4. The van der Waals surface area contributed by atoms with Crippen molar-refractivity contribution in [3.8, 4) is 0 Å². The van der Waals surface area contributed by atoms with Crippen molar-refractivity contribution in [1.29, 1.82) is 0 Å². The van der Waals surface area contributed by atoms with Crippen LogP contribution in [0.3, 0.4) is 0 Å². The summed E-state index contributed by atoms with van der Waals surface area (Å²) in [6.07, 6.45) is 2.11. The summed E-state index contributed by atoms with van der Waals surface area (Å²) in [5.41, 5.74) is 1.35. The van der Waals surface area contributed by atoms with Gasteiger partial charge in [0.15, 0.2) is 5.96 Å². The minimum absolute atomic E-state index is 0.0966. The zero-order chi connectivity index (χ0) is 19.7. The first-order valence-electron chi connectivity index (χ1n) is 9.66. The largest absolute Gasteiger partial charge is 0.355 e. The molecule has 2 unspecified atom stereocenters. The third-order valence-corrected chi connectivity index (χ3v) is 6.33. The molecular formula is C19H33N5O2S. The number of nitrogens with one attached hydrogen (secondary N) is 3. The van der Waals surface area contributed by atoms with Crippen LogP contribution >= 0.6 is 0 Å². The molecule has 27 heavy (non-hydrogen) atoms. The van der Waals surface area contributed by atoms with Crippen molar-refractivity contribution in [1.82, 2.24) is 20.3 Å². The van der Waals surface area contributed by atoms with E-state index in [0.29, 0.717) is 25.2 Å². The molecule has 0 radical (unpaired) electrons. The van der Waals surface area contributed by atoms with Crippen LogP contribution in [0, 0.1) is 0 Å². The lowest BCUT2D eigenvalue weighted by atomic mass is 9.97. The van der Waals surface area contributed by atoms with Gasteiger partial charge in [-0.1, -0.05) is 30.3 Å². The number of guanidine groups is 1. The molecular weight excluding hydrogens is 362 g/mol. The number of nitrogens with zero attached hydrogens (tertiary/aromatic N) is 2. The van der Waals surface area contributed by atoms with Gasteiger partial charge in [-0.05, 0) is 32.3 Å². The number of piperidine rings is 1. The molecule has 0 aromatic heterocycles. The van der Waals surface area contributed by atoms with E-state index < -0.39 is 10.0 Å². The van der Waals surface area contributed by atoms with Crippen LogP contribution in [0.4, 0.5) is 0 Å². The van der Waals surface area contributed by atoms with E-state index in [4.69, 9.17) is 0 Å². The first-order chi connectivity index (χ1) is 12.9. The van der Waals surface area contributed by atoms with Crippen LogP contribution in [0.15, 0.2) is 35.3 Å². The lowest BCUT2D eigenvalue weighted by Gasteiger charge is -2.38. The Morgan fingerprint density at radius 2 is 2.00 bits per heavy atom. The number of hydrogen-bond donors (Lipinski definition) is 3. The summed E-state index contributed by atoms with van der Waals surface area (Å²) in [7, 11) is -1.41. The second-order valence-corrected chi connectivity index (χ2v) is 9.06. The maximum Gasteiger partial charge on any atom is 0.211 e. The summed E-state index contributed by atoms with van der Waals surface area (Å²) in [5.74, 6) is 0.818. The molecule has 0 saturated carbocycles. The van der Waals surface area contributed by atoms with Gasteiger partial charge in [0.1, 0.15) is 0 Å². The van der Waals surface area contributed by atoms with Gasteiger partial charge in [-0.25, -0.2) is 13.1 Å². The highest BCUT2D eigenvalue weighted by Crippen LogP contribution is 2.19. The monoisotopic (exact) mass is 395 g/mol. The van der Waals surface area contributed by atoms with Crippen molar-refractivity contribution in [2.75, 3.05) is 32.4 Å². The van der Waals surface area contributed by atoms with E-state index in [1.165, 1.54) is 5.56 Å². The molecule has 1 heterocycles. The topological polar surface area (TPSA) is 85.8 Å². The van der Waals surface area contributed by atoms with Gasteiger partial charge in [-0.15, -0.1) is 0 Å². The van der Waals surface area contributed by atoms with Crippen LogP contribution in [0.1, 0.15) is 32.3 Å². The van der Waals surface area contributed by atoms with Crippen molar-refractivity contribution >= 4 is 16.0 Å². The molecule has 1 saturated heterocycles. The maximum atomic E-state index is 11.4. The third kappa shape index (κ3) is 7.48. The molecule has 1 aliphatic rings. The summed E-state index contributed by atoms with van der Waals surface area (Å²) in [6, 6.07) is 11.4. The molecule has 152 valence electrons. The summed E-state index contributed by atoms with van der Waals surface area (Å²) in [6.45, 7) is 6.78. The SMILES string of the molecule is CCS(=O)(=O)NCCNC(=NC)NC1CCN(Cc2ccccc2)C(C)C1. The van der Waals surface area contributed by atoms with E-state index in [0.717, 1.165) is 31.9 Å². The number of benzene rings is 1. The Kier molecular flexibility index (Phi) is 8.53. The highest BCUT2D eigenvalue weighted by atomic mass is 32.2. The van der Waals surface area contributed by atoms with Gasteiger partial charge in [0.2, 0.25) is 10.0 Å². The fourth-order valence-electron chi connectivity index (χ4n) is 3.28. The van der Waals surface area contributed by atoms with E-state index in [2.05, 4.69) is 62.5 Å². The molecule has 0 amide bonds. The van der Waals surface area contributed by atoms with E-state index in [1.807, 2.05) is 0 Å². The number of sulfonamides is 1. The first-order valence-corrected chi connectivity index (χ1v) is 11.3. The molecule has 3 N–H and O–H groups in total. The fraction of sp³-hybridized carbons (Fsp3) is 0.632. The number of aliphatic imine (C=N–C) groups is 1. The van der Waals surface area contributed by atoms with Gasteiger partial charge in [0.25, 0.3) is 0 Å².